The fourth-order valence-electron chi connectivity index (χ4n) is 2.48. The Balaban J connectivity index is 1.70. The van der Waals surface area contributed by atoms with Crippen LogP contribution in [0.2, 0.25) is 0 Å². The summed E-state index contributed by atoms with van der Waals surface area (Å²) in [7, 11) is 1.63. The topological polar surface area (TPSA) is 74.2 Å². The lowest BCUT2D eigenvalue weighted by atomic mass is 9.77. The van der Waals surface area contributed by atoms with Gasteiger partial charge in [-0.2, -0.15) is 4.98 Å². The number of hydrogen-bond donors (Lipinski definition) is 1. The van der Waals surface area contributed by atoms with E-state index in [0.29, 0.717) is 18.9 Å². The van der Waals surface area contributed by atoms with Crippen molar-refractivity contribution in [3.05, 3.63) is 47.1 Å². The van der Waals surface area contributed by atoms with Gasteiger partial charge in [-0.3, -0.25) is 0 Å². The Bertz CT molecular complexity index is 567. The van der Waals surface area contributed by atoms with Gasteiger partial charge >= 0.3 is 0 Å². The van der Waals surface area contributed by atoms with Gasteiger partial charge in [0.15, 0.2) is 5.82 Å². The molecule has 0 bridgehead atoms. The number of benzene rings is 1. The molecule has 1 aliphatic rings. The van der Waals surface area contributed by atoms with E-state index in [1.807, 2.05) is 6.07 Å². The van der Waals surface area contributed by atoms with Gasteiger partial charge < -0.3 is 15.0 Å². The number of methoxy groups -OCH3 is 1. The van der Waals surface area contributed by atoms with Crippen LogP contribution in [0.3, 0.4) is 0 Å². The molecular formula is C14H17N3O2. The largest absolute Gasteiger partial charge is 0.383 e. The molecule has 1 heterocycles. The standard InChI is InChI=1S/C14H17N3O2/c1-18-8-10(15)7-13-16-14(17-19-13)12-6-9-4-2-3-5-11(9)12/h2-5,10,12H,6-8,15H2,1H3. The number of fused-ring (bicyclic) bond motifs is 1. The summed E-state index contributed by atoms with van der Waals surface area (Å²) in [4.78, 5) is 4.44. The molecule has 0 amide bonds. The van der Waals surface area contributed by atoms with E-state index in [0.717, 1.165) is 12.2 Å². The van der Waals surface area contributed by atoms with Gasteiger partial charge in [-0.15, -0.1) is 0 Å². The number of ether oxygens (including phenoxy) is 1. The average molecular weight is 259 g/mol. The minimum Gasteiger partial charge on any atom is -0.383 e. The summed E-state index contributed by atoms with van der Waals surface area (Å²) in [6.07, 6.45) is 1.54. The van der Waals surface area contributed by atoms with Gasteiger partial charge in [0.2, 0.25) is 5.89 Å². The fraction of sp³-hybridized carbons (Fsp3) is 0.429. The van der Waals surface area contributed by atoms with Crippen molar-refractivity contribution in [3.63, 3.8) is 0 Å². The summed E-state index contributed by atoms with van der Waals surface area (Å²) >= 11 is 0. The lowest BCUT2D eigenvalue weighted by Gasteiger charge is -2.27. The Morgan fingerprint density at radius 1 is 1.47 bits per heavy atom. The zero-order valence-electron chi connectivity index (χ0n) is 10.9. The van der Waals surface area contributed by atoms with Crippen molar-refractivity contribution in [2.75, 3.05) is 13.7 Å². The first kappa shape index (κ1) is 12.3. The highest BCUT2D eigenvalue weighted by Gasteiger charge is 2.31. The Morgan fingerprint density at radius 3 is 3.11 bits per heavy atom. The number of hydrogen-bond acceptors (Lipinski definition) is 5. The van der Waals surface area contributed by atoms with Crippen LogP contribution in [0.4, 0.5) is 0 Å². The summed E-state index contributed by atoms with van der Waals surface area (Å²) < 4.78 is 10.3. The first-order chi connectivity index (χ1) is 9.28. The Kier molecular flexibility index (Phi) is 3.31. The number of nitrogens with zero attached hydrogens (tertiary/aromatic N) is 2. The Morgan fingerprint density at radius 2 is 2.32 bits per heavy atom. The molecule has 5 nitrogen and oxygen atoms in total. The van der Waals surface area contributed by atoms with E-state index in [1.54, 1.807) is 7.11 Å². The average Bonchev–Trinajstić information content (AvgIpc) is 2.79. The molecule has 2 atom stereocenters. The van der Waals surface area contributed by atoms with Crippen LogP contribution in [0.25, 0.3) is 0 Å². The highest BCUT2D eigenvalue weighted by Crippen LogP contribution is 2.38. The van der Waals surface area contributed by atoms with Gasteiger partial charge in [0, 0.05) is 19.6 Å². The van der Waals surface area contributed by atoms with Gasteiger partial charge in [-0.05, 0) is 17.5 Å². The van der Waals surface area contributed by atoms with Crippen LogP contribution >= 0.6 is 0 Å². The molecule has 3 rings (SSSR count). The van der Waals surface area contributed by atoms with Gasteiger partial charge in [-0.25, -0.2) is 0 Å². The molecule has 0 saturated heterocycles. The smallest absolute Gasteiger partial charge is 0.228 e. The Labute approximate surface area is 111 Å². The summed E-state index contributed by atoms with van der Waals surface area (Å²) in [6, 6.07) is 8.25. The second-order valence-electron chi connectivity index (χ2n) is 4.92. The molecule has 19 heavy (non-hydrogen) atoms. The van der Waals surface area contributed by atoms with Crippen LogP contribution in [-0.2, 0) is 17.6 Å². The van der Waals surface area contributed by atoms with Crippen molar-refractivity contribution in [2.24, 2.45) is 5.73 Å². The summed E-state index contributed by atoms with van der Waals surface area (Å²) in [6.45, 7) is 0.490. The molecule has 0 spiro atoms. The lowest BCUT2D eigenvalue weighted by molar-refractivity contribution is 0.176. The molecule has 0 radical (unpaired) electrons. The first-order valence-electron chi connectivity index (χ1n) is 6.42. The predicted molar refractivity (Wildman–Crippen MR) is 69.8 cm³/mol. The zero-order chi connectivity index (χ0) is 13.2. The van der Waals surface area contributed by atoms with Crippen LogP contribution in [0.15, 0.2) is 28.8 Å². The van der Waals surface area contributed by atoms with Crippen molar-refractivity contribution in [3.8, 4) is 0 Å². The van der Waals surface area contributed by atoms with E-state index in [2.05, 4.69) is 28.3 Å². The molecule has 1 aromatic carbocycles. The molecule has 2 N–H and O–H groups in total. The number of rotatable bonds is 5. The van der Waals surface area contributed by atoms with Crippen LogP contribution in [0, 0.1) is 0 Å². The maximum atomic E-state index is 5.87. The van der Waals surface area contributed by atoms with E-state index in [9.17, 15) is 0 Å². The number of nitrogens with two attached hydrogens (primary N) is 1. The van der Waals surface area contributed by atoms with E-state index < -0.39 is 0 Å². The second kappa shape index (κ2) is 5.11. The Hall–Kier alpha value is -1.72. The molecule has 0 aliphatic heterocycles. The molecule has 100 valence electrons. The highest BCUT2D eigenvalue weighted by molar-refractivity contribution is 5.43. The normalized spacial score (nSPS) is 18.7. The molecular weight excluding hydrogens is 242 g/mol. The first-order valence-corrected chi connectivity index (χ1v) is 6.42. The summed E-state index contributed by atoms with van der Waals surface area (Å²) in [5, 5.41) is 4.07. The zero-order valence-corrected chi connectivity index (χ0v) is 10.9. The minimum atomic E-state index is -0.105. The van der Waals surface area contributed by atoms with Gasteiger partial charge in [0.25, 0.3) is 0 Å². The van der Waals surface area contributed by atoms with Crippen LogP contribution in [0.5, 0.6) is 0 Å². The molecule has 1 aliphatic carbocycles. The van der Waals surface area contributed by atoms with E-state index in [1.165, 1.54) is 11.1 Å². The third-order valence-electron chi connectivity index (χ3n) is 3.47. The maximum absolute atomic E-state index is 5.87. The van der Waals surface area contributed by atoms with E-state index >= 15 is 0 Å². The lowest BCUT2D eigenvalue weighted by Crippen LogP contribution is -2.28. The predicted octanol–water partition coefficient (Wildman–Crippen LogP) is 1.27. The van der Waals surface area contributed by atoms with Gasteiger partial charge in [0.1, 0.15) is 0 Å². The van der Waals surface area contributed by atoms with Crippen LogP contribution in [-0.4, -0.2) is 29.9 Å². The van der Waals surface area contributed by atoms with Crippen molar-refractivity contribution in [1.82, 2.24) is 10.1 Å². The monoisotopic (exact) mass is 259 g/mol. The van der Waals surface area contributed by atoms with E-state index in [-0.39, 0.29) is 12.0 Å². The van der Waals surface area contributed by atoms with Crippen molar-refractivity contribution < 1.29 is 9.26 Å². The molecule has 1 aromatic heterocycles. The molecule has 2 unspecified atom stereocenters. The highest BCUT2D eigenvalue weighted by atomic mass is 16.5. The maximum Gasteiger partial charge on any atom is 0.228 e. The molecule has 0 fully saturated rings. The molecule has 0 saturated carbocycles. The third-order valence-corrected chi connectivity index (χ3v) is 3.47. The van der Waals surface area contributed by atoms with Crippen molar-refractivity contribution in [2.45, 2.75) is 24.8 Å². The second-order valence-corrected chi connectivity index (χ2v) is 4.92. The summed E-state index contributed by atoms with van der Waals surface area (Å²) in [5.74, 6) is 1.62. The van der Waals surface area contributed by atoms with Gasteiger partial charge in [-0.1, -0.05) is 29.4 Å². The van der Waals surface area contributed by atoms with Crippen molar-refractivity contribution in [1.29, 1.82) is 0 Å². The molecule has 2 aromatic rings. The third kappa shape index (κ3) is 2.39. The SMILES string of the molecule is COCC(N)Cc1nc(C2Cc3ccccc32)no1. The quantitative estimate of drug-likeness (QED) is 0.875. The minimum absolute atomic E-state index is 0.105. The number of aromatic nitrogens is 2. The van der Waals surface area contributed by atoms with Crippen LogP contribution < -0.4 is 5.73 Å². The fourth-order valence-corrected chi connectivity index (χ4v) is 2.48. The molecule has 5 heteroatoms. The van der Waals surface area contributed by atoms with Gasteiger partial charge in [0.05, 0.1) is 12.5 Å². The van der Waals surface area contributed by atoms with Crippen molar-refractivity contribution >= 4 is 0 Å². The summed E-state index contributed by atoms with van der Waals surface area (Å²) in [5.41, 5.74) is 8.54. The van der Waals surface area contributed by atoms with E-state index in [4.69, 9.17) is 15.0 Å². The van der Waals surface area contributed by atoms with Crippen LogP contribution in [0.1, 0.15) is 28.8 Å².